The summed E-state index contributed by atoms with van der Waals surface area (Å²) in [5, 5.41) is 8.72. The number of carbonyl (C=O) groups excluding carboxylic acids is 3. The molecule has 0 saturated carbocycles. The quantitative estimate of drug-likeness (QED) is 0.508. The molecular formula is C23H33N3O3S. The van der Waals surface area contributed by atoms with E-state index in [-0.39, 0.29) is 17.7 Å². The summed E-state index contributed by atoms with van der Waals surface area (Å²) >= 11 is 1.61. The maximum atomic E-state index is 13.0. The molecule has 2 aromatic rings. The minimum absolute atomic E-state index is 0.164. The molecule has 2 rings (SSSR count). The number of primary amides is 1. The molecule has 3 amide bonds. The van der Waals surface area contributed by atoms with Crippen molar-refractivity contribution in [3.05, 3.63) is 35.2 Å². The number of nitrogens with one attached hydrogen (secondary N) is 2. The number of amides is 3. The number of nitrogens with two attached hydrogens (primary N) is 1. The molecule has 1 heterocycles. The van der Waals surface area contributed by atoms with Crippen molar-refractivity contribution in [2.24, 2.45) is 17.6 Å². The molecule has 1 aromatic heterocycles. The lowest BCUT2D eigenvalue weighted by molar-refractivity contribution is -0.131. The highest BCUT2D eigenvalue weighted by atomic mass is 32.1. The second-order valence-corrected chi connectivity index (χ2v) is 9.52. The number of carbonyl (C=O) groups is 3. The average Bonchev–Trinajstić information content (AvgIpc) is 3.08. The van der Waals surface area contributed by atoms with Crippen molar-refractivity contribution in [1.82, 2.24) is 10.6 Å². The van der Waals surface area contributed by atoms with Crippen molar-refractivity contribution in [1.29, 1.82) is 0 Å². The summed E-state index contributed by atoms with van der Waals surface area (Å²) in [5.74, 6) is -0.518. The third-order valence-corrected chi connectivity index (χ3v) is 5.96. The van der Waals surface area contributed by atoms with Crippen LogP contribution in [0.3, 0.4) is 0 Å². The molecule has 164 valence electrons. The summed E-state index contributed by atoms with van der Waals surface area (Å²) in [6.07, 6.45) is 1.92. The summed E-state index contributed by atoms with van der Waals surface area (Å²) in [6.45, 7) is 8.03. The lowest BCUT2D eigenvalue weighted by Gasteiger charge is -2.23. The van der Waals surface area contributed by atoms with Crippen LogP contribution in [0.4, 0.5) is 0 Å². The van der Waals surface area contributed by atoms with E-state index in [1.807, 2.05) is 43.5 Å². The molecule has 0 fully saturated rings. The highest BCUT2D eigenvalue weighted by molar-refractivity contribution is 7.17. The molecule has 0 radical (unpaired) electrons. The smallest absolute Gasteiger partial charge is 0.243 e. The van der Waals surface area contributed by atoms with Crippen LogP contribution in [0.25, 0.3) is 10.1 Å². The van der Waals surface area contributed by atoms with Crippen LogP contribution in [-0.4, -0.2) is 29.8 Å². The van der Waals surface area contributed by atoms with Gasteiger partial charge in [-0.1, -0.05) is 45.9 Å². The lowest BCUT2D eigenvalue weighted by atomic mass is 10.0. The van der Waals surface area contributed by atoms with E-state index in [4.69, 9.17) is 5.73 Å². The molecule has 4 N–H and O–H groups in total. The molecule has 0 saturated heterocycles. The summed E-state index contributed by atoms with van der Waals surface area (Å²) in [6, 6.07) is 6.46. The Morgan fingerprint density at radius 1 is 1.00 bits per heavy atom. The summed E-state index contributed by atoms with van der Waals surface area (Å²) in [5.41, 5.74) is 6.49. The second-order valence-electron chi connectivity index (χ2n) is 8.61. The highest BCUT2D eigenvalue weighted by Gasteiger charge is 2.27. The molecule has 30 heavy (non-hydrogen) atoms. The van der Waals surface area contributed by atoms with Gasteiger partial charge < -0.3 is 16.4 Å². The Labute approximate surface area is 182 Å². The number of hydrogen-bond donors (Lipinski definition) is 3. The van der Waals surface area contributed by atoms with Crippen molar-refractivity contribution >= 4 is 39.1 Å². The number of benzene rings is 1. The summed E-state index contributed by atoms with van der Waals surface area (Å²) < 4.78 is 1.13. The van der Waals surface area contributed by atoms with Crippen LogP contribution in [0.2, 0.25) is 0 Å². The van der Waals surface area contributed by atoms with E-state index in [2.05, 4.69) is 24.5 Å². The Bertz CT molecular complexity index is 875. The molecule has 0 spiro atoms. The van der Waals surface area contributed by atoms with Gasteiger partial charge in [0.2, 0.25) is 17.7 Å². The van der Waals surface area contributed by atoms with Gasteiger partial charge in [-0.05, 0) is 47.1 Å². The SMILES string of the molecule is CC(C)CCC(=O)N[C@@H](Cc1csc2ccccc12)C(=O)N[C@@H](CC(C)C)C(N)=O. The van der Waals surface area contributed by atoms with Crippen LogP contribution < -0.4 is 16.4 Å². The van der Waals surface area contributed by atoms with E-state index in [0.29, 0.717) is 25.2 Å². The van der Waals surface area contributed by atoms with E-state index in [1.165, 1.54) is 0 Å². The largest absolute Gasteiger partial charge is 0.368 e. The van der Waals surface area contributed by atoms with E-state index >= 15 is 0 Å². The fraction of sp³-hybridized carbons (Fsp3) is 0.522. The molecule has 0 bridgehead atoms. The van der Waals surface area contributed by atoms with E-state index in [1.54, 1.807) is 11.3 Å². The van der Waals surface area contributed by atoms with Gasteiger partial charge in [-0.3, -0.25) is 14.4 Å². The standard InChI is InChI=1S/C23H33N3O3S/c1-14(2)9-10-21(27)25-19(23(29)26-18(22(24)28)11-15(3)4)12-16-13-30-20-8-6-5-7-17(16)20/h5-8,13-15,18-19H,9-12H2,1-4H3,(H2,24,28)(H,25,27)(H,26,29)/t18-,19-/m0/s1. The number of fused-ring (bicyclic) bond motifs is 1. The van der Waals surface area contributed by atoms with Gasteiger partial charge in [0, 0.05) is 17.5 Å². The number of rotatable bonds is 11. The topological polar surface area (TPSA) is 101 Å². The van der Waals surface area contributed by atoms with Crippen molar-refractivity contribution in [3.8, 4) is 0 Å². The Morgan fingerprint density at radius 2 is 1.70 bits per heavy atom. The van der Waals surface area contributed by atoms with E-state index in [0.717, 1.165) is 22.1 Å². The first kappa shape index (κ1) is 23.9. The van der Waals surface area contributed by atoms with Crippen molar-refractivity contribution in [2.45, 2.75) is 65.5 Å². The van der Waals surface area contributed by atoms with Crippen molar-refractivity contribution in [2.75, 3.05) is 0 Å². The molecule has 1 aromatic carbocycles. The van der Waals surface area contributed by atoms with Gasteiger partial charge in [-0.2, -0.15) is 0 Å². The first-order chi connectivity index (χ1) is 14.2. The summed E-state index contributed by atoms with van der Waals surface area (Å²) in [7, 11) is 0. The minimum Gasteiger partial charge on any atom is -0.368 e. The van der Waals surface area contributed by atoms with Gasteiger partial charge in [0.1, 0.15) is 12.1 Å². The van der Waals surface area contributed by atoms with Crippen LogP contribution in [0, 0.1) is 11.8 Å². The fourth-order valence-corrected chi connectivity index (χ4v) is 4.27. The molecule has 0 unspecified atom stereocenters. The zero-order chi connectivity index (χ0) is 22.3. The van der Waals surface area contributed by atoms with Gasteiger partial charge in [0.15, 0.2) is 0 Å². The minimum atomic E-state index is -0.767. The molecule has 6 nitrogen and oxygen atoms in total. The van der Waals surface area contributed by atoms with E-state index in [9.17, 15) is 14.4 Å². The zero-order valence-corrected chi connectivity index (χ0v) is 19.1. The lowest BCUT2D eigenvalue weighted by Crippen LogP contribution is -2.54. The summed E-state index contributed by atoms with van der Waals surface area (Å²) in [4.78, 5) is 37.3. The Kier molecular flexibility index (Phi) is 8.84. The second kappa shape index (κ2) is 11.1. The third kappa shape index (κ3) is 7.13. The molecule has 7 heteroatoms. The normalized spacial score (nSPS) is 13.4. The zero-order valence-electron chi connectivity index (χ0n) is 18.2. The first-order valence-electron chi connectivity index (χ1n) is 10.5. The maximum Gasteiger partial charge on any atom is 0.243 e. The molecule has 0 aliphatic carbocycles. The van der Waals surface area contributed by atoms with Gasteiger partial charge in [-0.25, -0.2) is 0 Å². The Morgan fingerprint density at radius 3 is 2.33 bits per heavy atom. The third-order valence-electron chi connectivity index (χ3n) is 4.95. The fourth-order valence-electron chi connectivity index (χ4n) is 3.30. The van der Waals surface area contributed by atoms with Gasteiger partial charge in [0.25, 0.3) is 0 Å². The highest BCUT2D eigenvalue weighted by Crippen LogP contribution is 2.26. The van der Waals surface area contributed by atoms with Crippen LogP contribution >= 0.6 is 11.3 Å². The predicted octanol–water partition coefficient (Wildman–Crippen LogP) is 3.38. The van der Waals surface area contributed by atoms with E-state index < -0.39 is 18.0 Å². The molecule has 0 aliphatic heterocycles. The Hall–Kier alpha value is -2.41. The van der Waals surface area contributed by atoms with Crippen LogP contribution in [-0.2, 0) is 20.8 Å². The van der Waals surface area contributed by atoms with Crippen LogP contribution in [0.15, 0.2) is 29.6 Å². The number of thiophene rings is 1. The van der Waals surface area contributed by atoms with Gasteiger partial charge in [0.05, 0.1) is 0 Å². The first-order valence-corrected chi connectivity index (χ1v) is 11.4. The molecule has 2 atom stereocenters. The van der Waals surface area contributed by atoms with Crippen molar-refractivity contribution < 1.29 is 14.4 Å². The maximum absolute atomic E-state index is 13.0. The van der Waals surface area contributed by atoms with Gasteiger partial charge >= 0.3 is 0 Å². The van der Waals surface area contributed by atoms with Crippen molar-refractivity contribution in [3.63, 3.8) is 0 Å². The predicted molar refractivity (Wildman–Crippen MR) is 122 cm³/mol. The van der Waals surface area contributed by atoms with Gasteiger partial charge in [-0.15, -0.1) is 11.3 Å². The monoisotopic (exact) mass is 431 g/mol. The Balaban J connectivity index is 2.20. The average molecular weight is 432 g/mol. The number of hydrogen-bond acceptors (Lipinski definition) is 4. The molecule has 0 aliphatic rings. The molecular weight excluding hydrogens is 398 g/mol. The van der Waals surface area contributed by atoms with Crippen LogP contribution in [0.1, 0.15) is 52.5 Å². The van der Waals surface area contributed by atoms with Crippen LogP contribution in [0.5, 0.6) is 0 Å².